The first-order chi connectivity index (χ1) is 12.0. The Kier molecular flexibility index (Phi) is 4.99. The second-order valence-corrected chi connectivity index (χ2v) is 7.54. The SMILES string of the molecule is CS(=O)Cc1cccc(C(=O)N2CCc3ccccc3C2C(=O)O)c1. The van der Waals surface area contributed by atoms with Crippen molar-refractivity contribution in [3.05, 3.63) is 70.8 Å². The van der Waals surface area contributed by atoms with Gasteiger partial charge in [0, 0.05) is 34.9 Å². The van der Waals surface area contributed by atoms with Crippen LogP contribution in [0.3, 0.4) is 0 Å². The lowest BCUT2D eigenvalue weighted by Gasteiger charge is -2.34. The molecular formula is C19H19NO4S. The van der Waals surface area contributed by atoms with E-state index in [4.69, 9.17) is 0 Å². The average Bonchev–Trinajstić information content (AvgIpc) is 2.59. The molecule has 6 heteroatoms. The highest BCUT2D eigenvalue weighted by Gasteiger charge is 2.36. The second kappa shape index (κ2) is 7.19. The fraction of sp³-hybridized carbons (Fsp3) is 0.263. The highest BCUT2D eigenvalue weighted by atomic mass is 32.2. The summed E-state index contributed by atoms with van der Waals surface area (Å²) < 4.78 is 11.4. The van der Waals surface area contributed by atoms with E-state index in [1.807, 2.05) is 18.2 Å². The number of aliphatic carboxylic acids is 1. The van der Waals surface area contributed by atoms with E-state index in [0.717, 1.165) is 11.1 Å². The van der Waals surface area contributed by atoms with Crippen molar-refractivity contribution in [2.24, 2.45) is 0 Å². The van der Waals surface area contributed by atoms with E-state index in [1.54, 1.807) is 36.6 Å². The molecule has 2 unspecified atom stereocenters. The summed E-state index contributed by atoms with van der Waals surface area (Å²) in [5.41, 5.74) is 2.86. The van der Waals surface area contributed by atoms with Gasteiger partial charge in [-0.1, -0.05) is 36.4 Å². The first-order valence-corrected chi connectivity index (χ1v) is 9.70. The van der Waals surface area contributed by atoms with E-state index < -0.39 is 22.8 Å². The second-order valence-electron chi connectivity index (χ2n) is 6.11. The Hall–Kier alpha value is -2.47. The molecule has 3 rings (SSSR count). The number of nitrogens with zero attached hydrogens (tertiary/aromatic N) is 1. The molecule has 2 aromatic carbocycles. The van der Waals surface area contributed by atoms with Gasteiger partial charge in [0.2, 0.25) is 0 Å². The summed E-state index contributed by atoms with van der Waals surface area (Å²) in [5.74, 6) is -0.983. The van der Waals surface area contributed by atoms with E-state index in [1.165, 1.54) is 4.90 Å². The molecule has 0 aliphatic carbocycles. The standard InChI is InChI=1S/C19H19NO4S/c1-25(24)12-13-5-4-7-15(11-13)18(21)20-10-9-14-6-2-3-8-16(14)17(20)19(22)23/h2-8,11,17H,9-10,12H2,1H3,(H,22,23). The monoisotopic (exact) mass is 357 g/mol. The van der Waals surface area contributed by atoms with Crippen LogP contribution in [-0.2, 0) is 27.8 Å². The predicted octanol–water partition coefficient (Wildman–Crippen LogP) is 2.39. The van der Waals surface area contributed by atoms with Gasteiger partial charge in [-0.15, -0.1) is 0 Å². The Morgan fingerprint density at radius 3 is 2.68 bits per heavy atom. The fourth-order valence-corrected chi connectivity index (χ4v) is 3.90. The van der Waals surface area contributed by atoms with E-state index in [2.05, 4.69) is 0 Å². The molecule has 1 N–H and O–H groups in total. The molecule has 1 amide bonds. The van der Waals surface area contributed by atoms with Gasteiger partial charge in [-0.05, 0) is 35.2 Å². The molecule has 0 radical (unpaired) electrons. The van der Waals surface area contributed by atoms with Crippen LogP contribution in [0.4, 0.5) is 0 Å². The predicted molar refractivity (Wildman–Crippen MR) is 95.8 cm³/mol. The number of amides is 1. The van der Waals surface area contributed by atoms with Crippen LogP contribution in [0.1, 0.15) is 33.1 Å². The lowest BCUT2D eigenvalue weighted by Crippen LogP contribution is -2.43. The Labute approximate surface area is 148 Å². The van der Waals surface area contributed by atoms with Crippen LogP contribution in [0.2, 0.25) is 0 Å². The number of carboxylic acids is 1. The van der Waals surface area contributed by atoms with Gasteiger partial charge in [0.15, 0.2) is 6.04 Å². The lowest BCUT2D eigenvalue weighted by atomic mass is 9.92. The minimum Gasteiger partial charge on any atom is -0.479 e. The minimum absolute atomic E-state index is 0.314. The summed E-state index contributed by atoms with van der Waals surface area (Å²) in [5, 5.41) is 9.69. The minimum atomic E-state index is -1.04. The van der Waals surface area contributed by atoms with Crippen molar-refractivity contribution in [1.82, 2.24) is 4.90 Å². The van der Waals surface area contributed by atoms with Gasteiger partial charge in [0.25, 0.3) is 5.91 Å². The van der Waals surface area contributed by atoms with Gasteiger partial charge in [0.05, 0.1) is 0 Å². The zero-order valence-electron chi connectivity index (χ0n) is 13.8. The molecule has 0 spiro atoms. The molecule has 25 heavy (non-hydrogen) atoms. The van der Waals surface area contributed by atoms with Crippen molar-refractivity contribution in [3.63, 3.8) is 0 Å². The van der Waals surface area contributed by atoms with Gasteiger partial charge in [-0.25, -0.2) is 4.79 Å². The van der Waals surface area contributed by atoms with E-state index in [9.17, 15) is 18.9 Å². The van der Waals surface area contributed by atoms with Crippen LogP contribution in [0.5, 0.6) is 0 Å². The molecule has 1 aliphatic rings. The van der Waals surface area contributed by atoms with Crippen molar-refractivity contribution < 1.29 is 18.9 Å². The molecule has 0 fully saturated rings. The van der Waals surface area contributed by atoms with Crippen LogP contribution >= 0.6 is 0 Å². The highest BCUT2D eigenvalue weighted by Crippen LogP contribution is 2.31. The lowest BCUT2D eigenvalue weighted by molar-refractivity contribution is -0.143. The molecule has 2 atom stereocenters. The Morgan fingerprint density at radius 1 is 1.20 bits per heavy atom. The summed E-state index contributed by atoms with van der Waals surface area (Å²) in [6.07, 6.45) is 2.24. The normalized spacial score (nSPS) is 17.6. The number of hydrogen-bond donors (Lipinski definition) is 1. The summed E-state index contributed by atoms with van der Waals surface area (Å²) >= 11 is 0. The Bertz CT molecular complexity index is 849. The maximum atomic E-state index is 12.9. The third-order valence-electron chi connectivity index (χ3n) is 4.32. The number of benzene rings is 2. The van der Waals surface area contributed by atoms with Crippen LogP contribution in [-0.4, -0.2) is 38.9 Å². The Balaban J connectivity index is 1.94. The van der Waals surface area contributed by atoms with E-state index in [-0.39, 0.29) is 5.91 Å². The van der Waals surface area contributed by atoms with E-state index in [0.29, 0.717) is 29.8 Å². The zero-order chi connectivity index (χ0) is 18.0. The molecule has 130 valence electrons. The molecule has 0 aromatic heterocycles. The number of rotatable bonds is 4. The molecule has 0 saturated carbocycles. The quantitative estimate of drug-likeness (QED) is 0.912. The third kappa shape index (κ3) is 3.64. The number of carbonyl (C=O) groups excluding carboxylic acids is 1. The molecule has 2 aromatic rings. The number of hydrogen-bond acceptors (Lipinski definition) is 3. The topological polar surface area (TPSA) is 74.7 Å². The average molecular weight is 357 g/mol. The van der Waals surface area contributed by atoms with Crippen LogP contribution in [0.15, 0.2) is 48.5 Å². The molecule has 1 aliphatic heterocycles. The highest BCUT2D eigenvalue weighted by molar-refractivity contribution is 7.83. The third-order valence-corrected chi connectivity index (χ3v) is 5.06. The van der Waals surface area contributed by atoms with Gasteiger partial charge in [-0.3, -0.25) is 9.00 Å². The Morgan fingerprint density at radius 2 is 1.96 bits per heavy atom. The fourth-order valence-electron chi connectivity index (χ4n) is 3.25. The van der Waals surface area contributed by atoms with Crippen molar-refractivity contribution >= 4 is 22.7 Å². The van der Waals surface area contributed by atoms with Crippen molar-refractivity contribution in [2.75, 3.05) is 12.8 Å². The maximum absolute atomic E-state index is 12.9. The first-order valence-electron chi connectivity index (χ1n) is 7.98. The van der Waals surface area contributed by atoms with Gasteiger partial charge < -0.3 is 10.0 Å². The van der Waals surface area contributed by atoms with Gasteiger partial charge in [0.1, 0.15) is 0 Å². The first kappa shape index (κ1) is 17.4. The van der Waals surface area contributed by atoms with Gasteiger partial charge >= 0.3 is 5.97 Å². The molecule has 5 nitrogen and oxygen atoms in total. The smallest absolute Gasteiger partial charge is 0.331 e. The number of fused-ring (bicyclic) bond motifs is 1. The molecule has 1 heterocycles. The summed E-state index contributed by atoms with van der Waals surface area (Å²) in [4.78, 5) is 26.2. The maximum Gasteiger partial charge on any atom is 0.331 e. The number of carboxylic acid groups (broad SMARTS) is 1. The van der Waals surface area contributed by atoms with Crippen LogP contribution < -0.4 is 0 Å². The van der Waals surface area contributed by atoms with Crippen molar-refractivity contribution in [1.29, 1.82) is 0 Å². The summed E-state index contributed by atoms with van der Waals surface area (Å²) in [6, 6.07) is 13.3. The largest absolute Gasteiger partial charge is 0.479 e. The van der Waals surface area contributed by atoms with Crippen LogP contribution in [0.25, 0.3) is 0 Å². The van der Waals surface area contributed by atoms with Crippen molar-refractivity contribution in [3.8, 4) is 0 Å². The van der Waals surface area contributed by atoms with Gasteiger partial charge in [-0.2, -0.15) is 0 Å². The zero-order valence-corrected chi connectivity index (χ0v) is 14.7. The molecule has 0 saturated heterocycles. The summed E-state index contributed by atoms with van der Waals surface area (Å²) in [7, 11) is -1.01. The molecule has 0 bridgehead atoms. The van der Waals surface area contributed by atoms with E-state index >= 15 is 0 Å². The molecular weight excluding hydrogens is 338 g/mol. The number of carbonyl (C=O) groups is 2. The van der Waals surface area contributed by atoms with Crippen LogP contribution in [0, 0.1) is 0 Å². The van der Waals surface area contributed by atoms with Crippen molar-refractivity contribution in [2.45, 2.75) is 18.2 Å². The summed E-state index contributed by atoms with van der Waals surface area (Å²) in [6.45, 7) is 0.358.